The molecule has 3 heterocycles. The molecule has 3 aromatic rings. The molecule has 8 heteroatoms. The number of fused-ring (bicyclic) bond motifs is 1. The highest BCUT2D eigenvalue weighted by Gasteiger charge is 2.30. The van der Waals surface area contributed by atoms with Crippen LogP contribution in [0.15, 0.2) is 42.6 Å². The van der Waals surface area contributed by atoms with Crippen LogP contribution in [-0.2, 0) is 11.3 Å². The summed E-state index contributed by atoms with van der Waals surface area (Å²) in [6.45, 7) is 7.54. The lowest BCUT2D eigenvalue weighted by Gasteiger charge is -2.36. The van der Waals surface area contributed by atoms with Crippen LogP contribution < -0.4 is 11.1 Å². The van der Waals surface area contributed by atoms with Crippen molar-refractivity contribution in [1.82, 2.24) is 19.5 Å². The first-order valence-electron chi connectivity index (χ1n) is 11.2. The third kappa shape index (κ3) is 5.02. The van der Waals surface area contributed by atoms with Crippen molar-refractivity contribution >= 4 is 17.6 Å². The number of carbonyl (C=O) groups excluding carboxylic acids is 1. The molecule has 1 atom stereocenters. The van der Waals surface area contributed by atoms with E-state index in [9.17, 15) is 4.79 Å². The van der Waals surface area contributed by atoms with Gasteiger partial charge in [0.1, 0.15) is 11.4 Å². The number of piperidine rings is 1. The molecule has 4 rings (SSSR count). The van der Waals surface area contributed by atoms with Crippen LogP contribution in [0.5, 0.6) is 0 Å². The van der Waals surface area contributed by atoms with Gasteiger partial charge in [-0.3, -0.25) is 0 Å². The minimum Gasteiger partial charge on any atom is -0.444 e. The summed E-state index contributed by atoms with van der Waals surface area (Å²) in [7, 11) is 0. The van der Waals surface area contributed by atoms with Gasteiger partial charge in [-0.05, 0) is 57.7 Å². The molecule has 1 aliphatic heterocycles. The SMILES string of the molecule is CC(C)(C)OC(=O)N1CCCCC1CNc1ccc2ncc(-c3ccc(CN)cc3)n2n1. The Hall–Kier alpha value is -3.13. The summed E-state index contributed by atoms with van der Waals surface area (Å²) in [6.07, 6.45) is 4.63. The third-order valence-corrected chi connectivity index (χ3v) is 5.62. The molecule has 8 nitrogen and oxygen atoms in total. The zero-order valence-electron chi connectivity index (χ0n) is 19.0. The fraction of sp³-hybridized carbons (Fsp3) is 0.458. The van der Waals surface area contributed by atoms with Crippen LogP contribution in [0.2, 0.25) is 0 Å². The molecular formula is C24H32N6O2. The van der Waals surface area contributed by atoms with E-state index in [1.165, 1.54) is 0 Å². The Balaban J connectivity index is 1.49. The van der Waals surface area contributed by atoms with Gasteiger partial charge in [-0.1, -0.05) is 24.3 Å². The van der Waals surface area contributed by atoms with Gasteiger partial charge in [-0.2, -0.15) is 0 Å². The molecule has 32 heavy (non-hydrogen) atoms. The number of nitrogens with one attached hydrogen (secondary N) is 1. The molecule has 0 radical (unpaired) electrons. The molecule has 0 aliphatic carbocycles. The first kappa shape index (κ1) is 22.1. The van der Waals surface area contributed by atoms with Crippen LogP contribution in [0, 0.1) is 0 Å². The van der Waals surface area contributed by atoms with Gasteiger partial charge in [0, 0.05) is 25.2 Å². The minimum atomic E-state index is -0.501. The molecule has 1 aromatic carbocycles. The molecule has 1 amide bonds. The van der Waals surface area contributed by atoms with E-state index in [0.717, 1.165) is 54.1 Å². The zero-order valence-corrected chi connectivity index (χ0v) is 19.0. The molecular weight excluding hydrogens is 404 g/mol. The maximum Gasteiger partial charge on any atom is 0.410 e. The van der Waals surface area contributed by atoms with Gasteiger partial charge >= 0.3 is 6.09 Å². The highest BCUT2D eigenvalue weighted by Crippen LogP contribution is 2.23. The van der Waals surface area contributed by atoms with E-state index in [1.807, 2.05) is 72.8 Å². The summed E-state index contributed by atoms with van der Waals surface area (Å²) in [5.41, 5.74) is 9.02. The first-order chi connectivity index (χ1) is 15.3. The smallest absolute Gasteiger partial charge is 0.410 e. The second kappa shape index (κ2) is 9.16. The number of hydrogen-bond acceptors (Lipinski definition) is 6. The predicted molar refractivity (Wildman–Crippen MR) is 125 cm³/mol. The van der Waals surface area contributed by atoms with Crippen molar-refractivity contribution < 1.29 is 9.53 Å². The van der Waals surface area contributed by atoms with Crippen molar-refractivity contribution in [2.45, 2.75) is 58.2 Å². The Morgan fingerprint density at radius 3 is 2.69 bits per heavy atom. The van der Waals surface area contributed by atoms with E-state index in [0.29, 0.717) is 13.1 Å². The summed E-state index contributed by atoms with van der Waals surface area (Å²) in [4.78, 5) is 19.0. The molecule has 1 aliphatic rings. The fourth-order valence-electron chi connectivity index (χ4n) is 3.97. The van der Waals surface area contributed by atoms with Gasteiger partial charge in [-0.15, -0.1) is 5.10 Å². The van der Waals surface area contributed by atoms with E-state index in [2.05, 4.69) is 10.3 Å². The Morgan fingerprint density at radius 1 is 1.19 bits per heavy atom. The van der Waals surface area contributed by atoms with Crippen LogP contribution in [0.25, 0.3) is 16.9 Å². The molecule has 1 unspecified atom stereocenters. The number of hydrogen-bond donors (Lipinski definition) is 2. The quantitative estimate of drug-likeness (QED) is 0.626. The van der Waals surface area contributed by atoms with Crippen molar-refractivity contribution in [1.29, 1.82) is 0 Å². The number of imidazole rings is 1. The van der Waals surface area contributed by atoms with Gasteiger partial charge in [-0.25, -0.2) is 14.3 Å². The number of nitrogens with zero attached hydrogens (tertiary/aromatic N) is 4. The average Bonchev–Trinajstić information content (AvgIpc) is 3.20. The maximum absolute atomic E-state index is 12.7. The van der Waals surface area contributed by atoms with Crippen LogP contribution in [0.4, 0.5) is 10.6 Å². The highest BCUT2D eigenvalue weighted by atomic mass is 16.6. The Labute approximate surface area is 188 Å². The molecule has 2 aromatic heterocycles. The van der Waals surface area contributed by atoms with E-state index < -0.39 is 5.60 Å². The van der Waals surface area contributed by atoms with Crippen LogP contribution in [0.3, 0.4) is 0 Å². The second-order valence-electron chi connectivity index (χ2n) is 9.24. The second-order valence-corrected chi connectivity index (χ2v) is 9.24. The van der Waals surface area contributed by atoms with Crippen molar-refractivity contribution in [2.75, 3.05) is 18.4 Å². The molecule has 0 spiro atoms. The molecule has 1 saturated heterocycles. The van der Waals surface area contributed by atoms with Gasteiger partial charge in [0.05, 0.1) is 17.9 Å². The van der Waals surface area contributed by atoms with Crippen molar-refractivity contribution in [2.24, 2.45) is 5.73 Å². The normalized spacial score (nSPS) is 16.9. The lowest BCUT2D eigenvalue weighted by atomic mass is 10.0. The Bertz CT molecular complexity index is 1070. The number of aromatic nitrogens is 3. The monoisotopic (exact) mass is 436 g/mol. The first-order valence-corrected chi connectivity index (χ1v) is 11.2. The van der Waals surface area contributed by atoms with Gasteiger partial charge in [0.25, 0.3) is 0 Å². The minimum absolute atomic E-state index is 0.0714. The average molecular weight is 437 g/mol. The Morgan fingerprint density at radius 2 is 1.97 bits per heavy atom. The number of amides is 1. The zero-order chi connectivity index (χ0) is 22.7. The summed E-state index contributed by atoms with van der Waals surface area (Å²) < 4.78 is 7.45. The summed E-state index contributed by atoms with van der Waals surface area (Å²) in [6, 6.07) is 12.0. The summed E-state index contributed by atoms with van der Waals surface area (Å²) >= 11 is 0. The topological polar surface area (TPSA) is 97.8 Å². The number of ether oxygens (including phenoxy) is 1. The van der Waals surface area contributed by atoms with E-state index in [1.54, 1.807) is 0 Å². The van der Waals surface area contributed by atoms with Crippen LogP contribution in [-0.4, -0.2) is 50.3 Å². The standard InChI is InChI=1S/C24H32N6O2/c1-24(2,3)32-23(31)29-13-5-4-6-19(29)15-26-21-11-12-22-27-16-20(30(22)28-21)18-9-7-17(14-25)8-10-18/h7-12,16,19H,4-6,13-15,25H2,1-3H3,(H,26,28). The van der Waals surface area contributed by atoms with E-state index in [-0.39, 0.29) is 12.1 Å². The fourth-order valence-corrected chi connectivity index (χ4v) is 3.97. The largest absolute Gasteiger partial charge is 0.444 e. The van der Waals surface area contributed by atoms with Gasteiger partial charge < -0.3 is 20.7 Å². The number of likely N-dealkylation sites (tertiary alicyclic amines) is 1. The highest BCUT2D eigenvalue weighted by molar-refractivity contribution is 5.69. The number of benzene rings is 1. The molecule has 3 N–H and O–H groups in total. The van der Waals surface area contributed by atoms with E-state index in [4.69, 9.17) is 15.6 Å². The van der Waals surface area contributed by atoms with E-state index >= 15 is 0 Å². The lowest BCUT2D eigenvalue weighted by molar-refractivity contribution is 0.0114. The number of nitrogens with two attached hydrogens (primary N) is 1. The van der Waals surface area contributed by atoms with Gasteiger partial charge in [0.15, 0.2) is 5.65 Å². The van der Waals surface area contributed by atoms with Crippen molar-refractivity contribution in [3.8, 4) is 11.3 Å². The number of carbonyl (C=O) groups is 1. The molecule has 0 saturated carbocycles. The number of anilines is 1. The molecule has 170 valence electrons. The van der Waals surface area contributed by atoms with Crippen molar-refractivity contribution in [3.05, 3.63) is 48.2 Å². The van der Waals surface area contributed by atoms with Crippen molar-refractivity contribution in [3.63, 3.8) is 0 Å². The summed E-state index contributed by atoms with van der Waals surface area (Å²) in [5, 5.41) is 8.17. The number of rotatable bonds is 5. The van der Waals surface area contributed by atoms with Crippen LogP contribution in [0.1, 0.15) is 45.6 Å². The molecule has 1 fully saturated rings. The predicted octanol–water partition coefficient (Wildman–Crippen LogP) is 4.06. The van der Waals surface area contributed by atoms with Crippen LogP contribution >= 0.6 is 0 Å². The molecule has 0 bridgehead atoms. The van der Waals surface area contributed by atoms with Gasteiger partial charge in [0.2, 0.25) is 0 Å². The summed E-state index contributed by atoms with van der Waals surface area (Å²) in [5.74, 6) is 0.741. The third-order valence-electron chi connectivity index (χ3n) is 5.62. The lowest BCUT2D eigenvalue weighted by Crippen LogP contribution is -2.49. The maximum atomic E-state index is 12.7. The Kier molecular flexibility index (Phi) is 6.32.